The molecule has 0 amide bonds. The molecule has 1 aromatic heterocycles. The smallest absolute Gasteiger partial charge is 0.328 e. The summed E-state index contributed by atoms with van der Waals surface area (Å²) in [6.45, 7) is 9.26. The van der Waals surface area contributed by atoms with Gasteiger partial charge in [0.15, 0.2) is 0 Å². The SMILES string of the molecule is CC1(C)CB(c2cc3c4ccccc4sc3c3ccccc23)OC1(C)C. The van der Waals surface area contributed by atoms with Gasteiger partial charge in [0, 0.05) is 20.2 Å². The van der Waals surface area contributed by atoms with Gasteiger partial charge < -0.3 is 4.65 Å². The number of thiophene rings is 1. The van der Waals surface area contributed by atoms with Gasteiger partial charge in [0.2, 0.25) is 0 Å². The molecule has 0 saturated carbocycles. The molecule has 1 aliphatic rings. The summed E-state index contributed by atoms with van der Waals surface area (Å²) in [7, 11) is 0. The van der Waals surface area contributed by atoms with Crippen LogP contribution in [-0.4, -0.2) is 12.5 Å². The van der Waals surface area contributed by atoms with Gasteiger partial charge in [-0.25, -0.2) is 0 Å². The highest BCUT2D eigenvalue weighted by Crippen LogP contribution is 2.46. The van der Waals surface area contributed by atoms with Crippen molar-refractivity contribution in [1.29, 1.82) is 0 Å². The average molecular weight is 358 g/mol. The molecule has 0 radical (unpaired) electrons. The fourth-order valence-corrected chi connectivity index (χ4v) is 5.50. The molecule has 5 rings (SSSR count). The van der Waals surface area contributed by atoms with Crippen LogP contribution in [-0.2, 0) is 4.65 Å². The predicted octanol–water partition coefficient (Wildman–Crippen LogP) is 6.24. The molecule has 1 aliphatic heterocycles. The maximum absolute atomic E-state index is 6.60. The Morgan fingerprint density at radius 2 is 1.50 bits per heavy atom. The summed E-state index contributed by atoms with van der Waals surface area (Å²) in [5, 5.41) is 5.42. The first-order chi connectivity index (χ1) is 12.4. The number of hydrogen-bond acceptors (Lipinski definition) is 2. The van der Waals surface area contributed by atoms with Crippen molar-refractivity contribution in [3.05, 3.63) is 54.6 Å². The molecule has 2 heterocycles. The van der Waals surface area contributed by atoms with E-state index < -0.39 is 0 Å². The monoisotopic (exact) mass is 358 g/mol. The molecule has 0 atom stereocenters. The van der Waals surface area contributed by atoms with Crippen molar-refractivity contribution in [2.24, 2.45) is 5.41 Å². The van der Waals surface area contributed by atoms with Crippen LogP contribution in [0.15, 0.2) is 54.6 Å². The quantitative estimate of drug-likeness (QED) is 0.366. The van der Waals surface area contributed by atoms with Crippen molar-refractivity contribution in [1.82, 2.24) is 0 Å². The fourth-order valence-electron chi connectivity index (χ4n) is 4.28. The van der Waals surface area contributed by atoms with Crippen LogP contribution in [0.2, 0.25) is 6.32 Å². The van der Waals surface area contributed by atoms with Gasteiger partial charge >= 0.3 is 6.92 Å². The van der Waals surface area contributed by atoms with Crippen LogP contribution < -0.4 is 5.46 Å². The fraction of sp³-hybridized carbons (Fsp3) is 0.304. The largest absolute Gasteiger partial charge is 0.426 e. The highest BCUT2D eigenvalue weighted by Gasteiger charge is 2.50. The maximum Gasteiger partial charge on any atom is 0.328 e. The molecule has 1 nitrogen and oxygen atoms in total. The van der Waals surface area contributed by atoms with E-state index in [1.807, 2.05) is 11.3 Å². The van der Waals surface area contributed by atoms with Gasteiger partial charge in [-0.2, -0.15) is 0 Å². The van der Waals surface area contributed by atoms with Gasteiger partial charge in [-0.1, -0.05) is 62.4 Å². The summed E-state index contributed by atoms with van der Waals surface area (Å²) in [5.41, 5.74) is 1.38. The lowest BCUT2D eigenvalue weighted by Gasteiger charge is -2.34. The van der Waals surface area contributed by atoms with Crippen LogP contribution in [0.5, 0.6) is 0 Å². The Hall–Kier alpha value is -1.84. The minimum atomic E-state index is -0.121. The van der Waals surface area contributed by atoms with Gasteiger partial charge in [0.25, 0.3) is 0 Å². The topological polar surface area (TPSA) is 9.23 Å². The summed E-state index contributed by atoms with van der Waals surface area (Å²) in [6, 6.07) is 20.0. The standard InChI is InChI=1S/C23H23BOS/c1-22(2)14-24(25-23(22,3)4)19-13-18-16-10-7-8-12-20(16)26-21(18)17-11-6-5-9-15(17)19/h5-13H,14H2,1-4H3. The van der Waals surface area contributed by atoms with Gasteiger partial charge in [0.1, 0.15) is 0 Å². The van der Waals surface area contributed by atoms with E-state index in [9.17, 15) is 0 Å². The first-order valence-corrected chi connectivity index (χ1v) is 10.2. The molecule has 0 unspecified atom stereocenters. The second kappa shape index (κ2) is 5.34. The Balaban J connectivity index is 1.83. The number of fused-ring (bicyclic) bond motifs is 5. The Labute approximate surface area is 159 Å². The number of hydrogen-bond donors (Lipinski definition) is 0. The third kappa shape index (κ3) is 2.20. The Kier molecular flexibility index (Phi) is 3.36. The van der Waals surface area contributed by atoms with E-state index in [0.29, 0.717) is 0 Å². The summed E-state index contributed by atoms with van der Waals surface area (Å²) in [6.07, 6.45) is 1.05. The lowest BCUT2D eigenvalue weighted by Crippen LogP contribution is -2.36. The van der Waals surface area contributed by atoms with Crippen LogP contribution in [0, 0.1) is 5.41 Å². The van der Waals surface area contributed by atoms with E-state index >= 15 is 0 Å². The highest BCUT2D eigenvalue weighted by atomic mass is 32.1. The molecule has 0 bridgehead atoms. The van der Waals surface area contributed by atoms with Crippen molar-refractivity contribution in [3.8, 4) is 0 Å². The van der Waals surface area contributed by atoms with Crippen LogP contribution in [0.4, 0.5) is 0 Å². The van der Waals surface area contributed by atoms with E-state index in [-0.39, 0.29) is 17.9 Å². The van der Waals surface area contributed by atoms with Gasteiger partial charge in [-0.3, -0.25) is 0 Å². The molecule has 1 fully saturated rings. The van der Waals surface area contributed by atoms with Crippen molar-refractivity contribution in [3.63, 3.8) is 0 Å². The molecule has 3 heteroatoms. The lowest BCUT2D eigenvalue weighted by atomic mass is 9.53. The average Bonchev–Trinajstić information content (AvgIpc) is 3.08. The zero-order valence-corrected chi connectivity index (χ0v) is 16.6. The molecule has 0 spiro atoms. The van der Waals surface area contributed by atoms with Crippen molar-refractivity contribution < 1.29 is 4.65 Å². The van der Waals surface area contributed by atoms with Crippen molar-refractivity contribution in [2.45, 2.75) is 39.6 Å². The first-order valence-electron chi connectivity index (χ1n) is 9.38. The normalized spacial score (nSPS) is 19.0. The summed E-state index contributed by atoms with van der Waals surface area (Å²) < 4.78 is 9.35. The maximum atomic E-state index is 6.60. The Morgan fingerprint density at radius 3 is 2.19 bits per heavy atom. The molecule has 0 N–H and O–H groups in total. The Bertz CT molecular complexity index is 1140. The highest BCUT2D eigenvalue weighted by molar-refractivity contribution is 7.26. The molecular formula is C23H23BOS. The van der Waals surface area contributed by atoms with Crippen molar-refractivity contribution in [2.75, 3.05) is 0 Å². The van der Waals surface area contributed by atoms with Crippen LogP contribution in [0.1, 0.15) is 27.7 Å². The van der Waals surface area contributed by atoms with Gasteiger partial charge in [0.05, 0.1) is 5.60 Å². The number of benzene rings is 3. The molecule has 3 aromatic carbocycles. The zero-order valence-electron chi connectivity index (χ0n) is 15.8. The van der Waals surface area contributed by atoms with E-state index in [4.69, 9.17) is 4.65 Å². The van der Waals surface area contributed by atoms with Gasteiger partial charge in [-0.05, 0) is 47.9 Å². The number of rotatable bonds is 1. The zero-order chi connectivity index (χ0) is 18.1. The molecular weight excluding hydrogens is 335 g/mol. The van der Waals surface area contributed by atoms with E-state index in [0.717, 1.165) is 6.32 Å². The predicted molar refractivity (Wildman–Crippen MR) is 116 cm³/mol. The second-order valence-corrected chi connectivity index (χ2v) is 9.74. The molecule has 4 aromatic rings. The van der Waals surface area contributed by atoms with E-state index in [1.54, 1.807) is 0 Å². The van der Waals surface area contributed by atoms with Crippen LogP contribution >= 0.6 is 11.3 Å². The van der Waals surface area contributed by atoms with Crippen LogP contribution in [0.25, 0.3) is 30.9 Å². The third-order valence-electron chi connectivity index (χ3n) is 6.53. The second-order valence-electron chi connectivity index (χ2n) is 8.69. The van der Waals surface area contributed by atoms with Crippen molar-refractivity contribution >= 4 is 54.7 Å². The van der Waals surface area contributed by atoms with E-state index in [1.165, 1.54) is 36.4 Å². The molecule has 0 aliphatic carbocycles. The summed E-state index contributed by atoms with van der Waals surface area (Å²) >= 11 is 1.90. The molecule has 1 saturated heterocycles. The van der Waals surface area contributed by atoms with E-state index in [2.05, 4.69) is 82.3 Å². The lowest BCUT2D eigenvalue weighted by molar-refractivity contribution is 0.0376. The summed E-state index contributed by atoms with van der Waals surface area (Å²) in [4.78, 5) is 0. The minimum Gasteiger partial charge on any atom is -0.426 e. The third-order valence-corrected chi connectivity index (χ3v) is 7.75. The minimum absolute atomic E-state index is 0.121. The van der Waals surface area contributed by atoms with Gasteiger partial charge in [-0.15, -0.1) is 11.3 Å². The Morgan fingerprint density at radius 1 is 0.846 bits per heavy atom. The summed E-state index contributed by atoms with van der Waals surface area (Å²) in [5.74, 6) is 0. The first kappa shape index (κ1) is 16.3. The molecule has 130 valence electrons. The molecule has 26 heavy (non-hydrogen) atoms. The van der Waals surface area contributed by atoms with Crippen LogP contribution in [0.3, 0.4) is 0 Å².